The molecule has 3 rings (SSSR count). The zero-order chi connectivity index (χ0) is 25.1. The van der Waals surface area contributed by atoms with E-state index in [0.29, 0.717) is 0 Å². The average Bonchev–Trinajstić information content (AvgIpc) is 2.93. The van der Waals surface area contributed by atoms with Crippen molar-refractivity contribution in [3.8, 4) is 11.1 Å². The van der Waals surface area contributed by atoms with E-state index in [1.807, 2.05) is 6.21 Å². The first-order chi connectivity index (χ1) is 17.8. The Bertz CT molecular complexity index is 954. The van der Waals surface area contributed by atoms with Gasteiger partial charge >= 0.3 is 0 Å². The van der Waals surface area contributed by atoms with E-state index < -0.39 is 0 Å². The topological polar surface area (TPSA) is 12.4 Å². The maximum absolute atomic E-state index is 4.67. The lowest BCUT2D eigenvalue weighted by molar-refractivity contribution is 0.535. The summed E-state index contributed by atoms with van der Waals surface area (Å²) in [5, 5.41) is 0. The summed E-state index contributed by atoms with van der Waals surface area (Å²) in [6.45, 7) is 2.29. The fourth-order valence-corrected chi connectivity index (χ4v) is 4.81. The van der Waals surface area contributed by atoms with Crippen LogP contribution in [0.3, 0.4) is 0 Å². The van der Waals surface area contributed by atoms with Crippen molar-refractivity contribution in [3.05, 3.63) is 90.0 Å². The van der Waals surface area contributed by atoms with Gasteiger partial charge < -0.3 is 0 Å². The highest BCUT2D eigenvalue weighted by atomic mass is 14.7. The minimum atomic E-state index is 1.02. The number of hydrogen-bond acceptors (Lipinski definition) is 1. The summed E-state index contributed by atoms with van der Waals surface area (Å²) >= 11 is 0. The highest BCUT2D eigenvalue weighted by Gasteiger charge is 1.98. The largest absolute Gasteiger partial charge is 0.256 e. The van der Waals surface area contributed by atoms with Gasteiger partial charge in [-0.25, -0.2) is 0 Å². The first-order valence-corrected chi connectivity index (χ1v) is 14.6. The summed E-state index contributed by atoms with van der Waals surface area (Å²) in [6, 6.07) is 27.9. The number of aryl methyl sites for hydroxylation is 1. The van der Waals surface area contributed by atoms with Gasteiger partial charge in [-0.05, 0) is 47.2 Å². The van der Waals surface area contributed by atoms with Crippen LogP contribution >= 0.6 is 0 Å². The quantitative estimate of drug-likeness (QED) is 0.126. The normalized spacial score (nSPS) is 11.4. The van der Waals surface area contributed by atoms with E-state index in [-0.39, 0.29) is 0 Å². The molecule has 0 saturated heterocycles. The van der Waals surface area contributed by atoms with Crippen molar-refractivity contribution < 1.29 is 0 Å². The van der Waals surface area contributed by atoms with Gasteiger partial charge in [0.2, 0.25) is 0 Å². The summed E-state index contributed by atoms with van der Waals surface area (Å²) in [4.78, 5) is 4.67. The molecular formula is C35H47N. The Kier molecular flexibility index (Phi) is 13.7. The van der Waals surface area contributed by atoms with Crippen LogP contribution < -0.4 is 0 Å². The fraction of sp³-hybridized carbons (Fsp3) is 0.457. The van der Waals surface area contributed by atoms with Crippen molar-refractivity contribution in [2.45, 2.75) is 103 Å². The lowest BCUT2D eigenvalue weighted by Crippen LogP contribution is -1.87. The minimum Gasteiger partial charge on any atom is -0.256 e. The van der Waals surface area contributed by atoms with E-state index in [9.17, 15) is 0 Å². The molecule has 0 heterocycles. The van der Waals surface area contributed by atoms with E-state index >= 15 is 0 Å². The number of aliphatic imine (C=N–C) groups is 1. The van der Waals surface area contributed by atoms with Gasteiger partial charge in [0.05, 0.1) is 5.69 Å². The van der Waals surface area contributed by atoms with E-state index in [1.54, 1.807) is 0 Å². The van der Waals surface area contributed by atoms with E-state index in [4.69, 9.17) is 0 Å². The van der Waals surface area contributed by atoms with Gasteiger partial charge in [0.25, 0.3) is 0 Å². The molecule has 0 aliphatic carbocycles. The molecule has 0 amide bonds. The van der Waals surface area contributed by atoms with Crippen LogP contribution in [-0.4, -0.2) is 6.21 Å². The van der Waals surface area contributed by atoms with Crippen molar-refractivity contribution in [2.75, 3.05) is 0 Å². The monoisotopic (exact) mass is 481 g/mol. The second-order valence-corrected chi connectivity index (χ2v) is 10.3. The molecule has 192 valence electrons. The van der Waals surface area contributed by atoms with Gasteiger partial charge in [-0.15, -0.1) is 0 Å². The highest BCUT2D eigenvalue weighted by Crippen LogP contribution is 2.20. The number of nitrogens with zero attached hydrogens (tertiary/aromatic N) is 1. The Balaban J connectivity index is 1.23. The maximum Gasteiger partial charge on any atom is 0.0630 e. The zero-order valence-corrected chi connectivity index (χ0v) is 22.6. The van der Waals surface area contributed by atoms with Gasteiger partial charge in [0, 0.05) is 6.21 Å². The van der Waals surface area contributed by atoms with Gasteiger partial charge in [0.15, 0.2) is 0 Å². The second kappa shape index (κ2) is 17.7. The molecule has 0 aliphatic heterocycles. The molecule has 0 atom stereocenters. The van der Waals surface area contributed by atoms with Gasteiger partial charge in [-0.3, -0.25) is 4.99 Å². The number of unbranched alkanes of at least 4 members (excludes halogenated alkanes) is 13. The van der Waals surface area contributed by atoms with Crippen molar-refractivity contribution >= 4 is 11.9 Å². The summed E-state index contributed by atoms with van der Waals surface area (Å²) in [5.41, 5.74) is 6.06. The third-order valence-corrected chi connectivity index (χ3v) is 7.14. The molecule has 0 radical (unpaired) electrons. The molecule has 0 saturated carbocycles. The molecule has 1 heteroatoms. The molecule has 0 bridgehead atoms. The minimum absolute atomic E-state index is 1.02. The Morgan fingerprint density at radius 3 is 1.56 bits per heavy atom. The van der Waals surface area contributed by atoms with E-state index in [2.05, 4.69) is 90.8 Å². The van der Waals surface area contributed by atoms with Gasteiger partial charge in [-0.1, -0.05) is 157 Å². The number of rotatable bonds is 18. The smallest absolute Gasteiger partial charge is 0.0630 e. The molecule has 0 fully saturated rings. The van der Waals surface area contributed by atoms with Crippen LogP contribution in [0.2, 0.25) is 0 Å². The van der Waals surface area contributed by atoms with Crippen LogP contribution in [0.25, 0.3) is 11.1 Å². The molecule has 0 unspecified atom stereocenters. The molecule has 0 spiro atoms. The summed E-state index contributed by atoms with van der Waals surface area (Å²) in [5.74, 6) is 0. The molecule has 0 aromatic heterocycles. The Morgan fingerprint density at radius 1 is 0.500 bits per heavy atom. The second-order valence-electron chi connectivity index (χ2n) is 10.3. The molecular weight excluding hydrogens is 434 g/mol. The summed E-state index contributed by atoms with van der Waals surface area (Å²) < 4.78 is 0. The lowest BCUT2D eigenvalue weighted by Gasteiger charge is -2.04. The van der Waals surface area contributed by atoms with Crippen molar-refractivity contribution in [2.24, 2.45) is 4.99 Å². The van der Waals surface area contributed by atoms with E-state index in [1.165, 1.54) is 113 Å². The first kappa shape index (κ1) is 27.9. The molecule has 3 aromatic carbocycles. The summed E-state index contributed by atoms with van der Waals surface area (Å²) in [7, 11) is 0. The van der Waals surface area contributed by atoms with Crippen LogP contribution in [-0.2, 0) is 6.42 Å². The maximum atomic E-state index is 4.67. The third kappa shape index (κ3) is 11.4. The van der Waals surface area contributed by atoms with Gasteiger partial charge in [-0.2, -0.15) is 0 Å². The SMILES string of the molecule is CCCCCCCCCCCCCCCCc1ccc(N=Cc2ccc(-c3ccccc3)cc2)cc1. The van der Waals surface area contributed by atoms with Crippen LogP contribution in [0.15, 0.2) is 83.9 Å². The predicted octanol–water partition coefficient (Wildman–Crippen LogP) is 11.1. The molecule has 0 N–H and O–H groups in total. The first-order valence-electron chi connectivity index (χ1n) is 14.6. The van der Waals surface area contributed by atoms with E-state index in [0.717, 1.165) is 11.3 Å². The standard InChI is InChI=1S/C35H47N/c1-2-3-4-5-6-7-8-9-10-11-12-13-14-16-19-31-24-28-35(29-25-31)36-30-32-22-26-34(27-23-32)33-20-17-15-18-21-33/h15,17-18,20-30H,2-14,16,19H2,1H3. The molecule has 0 aliphatic rings. The fourth-order valence-electron chi connectivity index (χ4n) is 4.81. The Hall–Kier alpha value is -2.67. The highest BCUT2D eigenvalue weighted by molar-refractivity contribution is 5.83. The summed E-state index contributed by atoms with van der Waals surface area (Å²) in [6.07, 6.45) is 22.9. The van der Waals surface area contributed by atoms with Crippen LogP contribution in [0.4, 0.5) is 5.69 Å². The predicted molar refractivity (Wildman–Crippen MR) is 160 cm³/mol. The number of hydrogen-bond donors (Lipinski definition) is 0. The van der Waals surface area contributed by atoms with Crippen molar-refractivity contribution in [3.63, 3.8) is 0 Å². The lowest BCUT2D eigenvalue weighted by atomic mass is 10.0. The Morgan fingerprint density at radius 2 is 1.00 bits per heavy atom. The Labute approximate surface area is 221 Å². The number of benzene rings is 3. The van der Waals surface area contributed by atoms with Gasteiger partial charge in [0.1, 0.15) is 0 Å². The molecule has 3 aromatic rings. The van der Waals surface area contributed by atoms with Crippen LogP contribution in [0, 0.1) is 0 Å². The molecule has 36 heavy (non-hydrogen) atoms. The van der Waals surface area contributed by atoms with Crippen LogP contribution in [0.5, 0.6) is 0 Å². The van der Waals surface area contributed by atoms with Crippen molar-refractivity contribution in [1.82, 2.24) is 0 Å². The average molecular weight is 482 g/mol. The van der Waals surface area contributed by atoms with Crippen molar-refractivity contribution in [1.29, 1.82) is 0 Å². The van der Waals surface area contributed by atoms with Crippen LogP contribution in [0.1, 0.15) is 108 Å². The molecule has 1 nitrogen and oxygen atoms in total. The zero-order valence-electron chi connectivity index (χ0n) is 22.6. The third-order valence-electron chi connectivity index (χ3n) is 7.14.